The summed E-state index contributed by atoms with van der Waals surface area (Å²) in [6.45, 7) is 2.40. The predicted molar refractivity (Wildman–Crippen MR) is 73.7 cm³/mol. The molecule has 1 aromatic heterocycles. The largest absolute Gasteiger partial charge is 0.480 e. The van der Waals surface area contributed by atoms with Crippen molar-refractivity contribution in [3.63, 3.8) is 0 Å². The number of carbonyl (C=O) groups excluding carboxylic acids is 1. The van der Waals surface area contributed by atoms with Gasteiger partial charge in [-0.25, -0.2) is 0 Å². The number of hydrogen-bond donors (Lipinski definition) is 2. The van der Waals surface area contributed by atoms with Crippen LogP contribution in [0.2, 0.25) is 0 Å². The summed E-state index contributed by atoms with van der Waals surface area (Å²) in [5, 5.41) is 17.5. The van der Waals surface area contributed by atoms with Gasteiger partial charge in [0.2, 0.25) is 0 Å². The molecule has 1 aromatic rings. The van der Waals surface area contributed by atoms with Gasteiger partial charge in [-0.2, -0.15) is 0 Å². The summed E-state index contributed by atoms with van der Waals surface area (Å²) in [7, 11) is 0. The molecule has 0 atom stereocenters. The Morgan fingerprint density at radius 1 is 1.25 bits per heavy atom. The van der Waals surface area contributed by atoms with E-state index in [1.807, 2.05) is 13.8 Å². The van der Waals surface area contributed by atoms with Crippen LogP contribution in [0.4, 0.5) is 0 Å². The van der Waals surface area contributed by atoms with E-state index < -0.39 is 30.9 Å². The number of carbonyl (C=O) groups is 3. The van der Waals surface area contributed by atoms with Crippen molar-refractivity contribution < 1.29 is 24.6 Å². The number of aliphatic carboxylic acids is 2. The van der Waals surface area contributed by atoms with Crippen LogP contribution in [0.3, 0.4) is 0 Å². The van der Waals surface area contributed by atoms with Crippen LogP contribution in [-0.4, -0.2) is 50.6 Å². The number of carboxylic acid groups (broad SMARTS) is 2. The van der Waals surface area contributed by atoms with Crippen molar-refractivity contribution >= 4 is 33.8 Å². The fraction of sp³-hybridized carbons (Fsp3) is 0.417. The number of hydrogen-bond acceptors (Lipinski definition) is 3. The van der Waals surface area contributed by atoms with Crippen molar-refractivity contribution in [3.8, 4) is 0 Å². The zero-order chi connectivity index (χ0) is 15.4. The molecule has 20 heavy (non-hydrogen) atoms. The number of nitrogens with zero attached hydrogens (tertiary/aromatic N) is 2. The minimum absolute atomic E-state index is 0.0169. The molecule has 0 fully saturated rings. The van der Waals surface area contributed by atoms with Crippen LogP contribution in [0, 0.1) is 0 Å². The van der Waals surface area contributed by atoms with Gasteiger partial charge in [0.15, 0.2) is 0 Å². The highest BCUT2D eigenvalue weighted by molar-refractivity contribution is 9.10. The third-order valence-corrected chi connectivity index (χ3v) is 2.96. The minimum Gasteiger partial charge on any atom is -0.480 e. The van der Waals surface area contributed by atoms with E-state index in [9.17, 15) is 14.4 Å². The number of aromatic nitrogens is 1. The molecule has 2 N–H and O–H groups in total. The van der Waals surface area contributed by atoms with E-state index in [0.29, 0.717) is 4.47 Å². The third-order valence-electron chi connectivity index (χ3n) is 2.53. The molecule has 1 amide bonds. The summed E-state index contributed by atoms with van der Waals surface area (Å²) in [6, 6.07) is 1.52. The highest BCUT2D eigenvalue weighted by atomic mass is 79.9. The predicted octanol–water partition coefficient (Wildman–Crippen LogP) is 1.44. The highest BCUT2D eigenvalue weighted by Crippen LogP contribution is 2.20. The quantitative estimate of drug-likeness (QED) is 0.811. The van der Waals surface area contributed by atoms with Gasteiger partial charge in [-0.05, 0) is 35.8 Å². The smallest absolute Gasteiger partial charge is 0.323 e. The molecule has 0 unspecified atom stereocenters. The lowest BCUT2D eigenvalue weighted by molar-refractivity contribution is -0.140. The van der Waals surface area contributed by atoms with Crippen molar-refractivity contribution in [2.24, 2.45) is 0 Å². The summed E-state index contributed by atoms with van der Waals surface area (Å²) in [5.41, 5.74) is 0.245. The van der Waals surface area contributed by atoms with E-state index in [1.165, 1.54) is 0 Å². The molecule has 0 saturated heterocycles. The molecule has 0 aromatic carbocycles. The summed E-state index contributed by atoms with van der Waals surface area (Å²) in [5.74, 6) is -3.16. The maximum Gasteiger partial charge on any atom is 0.323 e. The molecule has 0 bridgehead atoms. The van der Waals surface area contributed by atoms with Gasteiger partial charge in [-0.3, -0.25) is 14.4 Å². The standard InChI is InChI=1S/C12H15BrN2O5/c1-7(2)15-4-8(13)3-9(15)12(20)14(5-10(16)17)6-11(18)19/h3-4,7H,5-6H2,1-2H3,(H,16,17)(H,18,19). The lowest BCUT2D eigenvalue weighted by atomic mass is 10.3. The van der Waals surface area contributed by atoms with E-state index in [-0.39, 0.29) is 11.7 Å². The monoisotopic (exact) mass is 346 g/mol. The molecule has 1 heterocycles. The summed E-state index contributed by atoms with van der Waals surface area (Å²) in [4.78, 5) is 34.6. The van der Waals surface area contributed by atoms with Crippen molar-refractivity contribution in [2.45, 2.75) is 19.9 Å². The van der Waals surface area contributed by atoms with Gasteiger partial charge < -0.3 is 19.7 Å². The summed E-state index contributed by atoms with van der Waals surface area (Å²) >= 11 is 3.25. The normalized spacial score (nSPS) is 10.6. The molecule has 110 valence electrons. The number of amides is 1. The first-order valence-corrected chi connectivity index (χ1v) is 6.62. The van der Waals surface area contributed by atoms with Crippen molar-refractivity contribution in [1.82, 2.24) is 9.47 Å². The van der Waals surface area contributed by atoms with Crippen LogP contribution in [0.1, 0.15) is 30.4 Å². The van der Waals surface area contributed by atoms with E-state index in [2.05, 4.69) is 15.9 Å². The second-order valence-corrected chi connectivity index (χ2v) is 5.41. The molecule has 1 rings (SSSR count). The highest BCUT2D eigenvalue weighted by Gasteiger charge is 2.24. The Labute approximate surface area is 123 Å². The number of carboxylic acids is 2. The van der Waals surface area contributed by atoms with Gasteiger partial charge in [0, 0.05) is 16.7 Å². The average Bonchev–Trinajstić information content (AvgIpc) is 2.68. The van der Waals surface area contributed by atoms with E-state index in [4.69, 9.17) is 10.2 Å². The Bertz CT molecular complexity index is 522. The van der Waals surface area contributed by atoms with Crippen LogP contribution in [0.25, 0.3) is 0 Å². The molecular formula is C12H15BrN2O5. The molecule has 0 spiro atoms. The van der Waals surface area contributed by atoms with Gasteiger partial charge in [-0.1, -0.05) is 0 Å². The molecule has 0 radical (unpaired) electrons. The molecule has 0 saturated carbocycles. The van der Waals surface area contributed by atoms with Crippen LogP contribution < -0.4 is 0 Å². The van der Waals surface area contributed by atoms with Gasteiger partial charge >= 0.3 is 11.9 Å². The first-order valence-electron chi connectivity index (χ1n) is 5.82. The van der Waals surface area contributed by atoms with Crippen LogP contribution in [-0.2, 0) is 9.59 Å². The SMILES string of the molecule is CC(C)n1cc(Br)cc1C(=O)N(CC(=O)O)CC(=O)O. The Morgan fingerprint density at radius 3 is 2.15 bits per heavy atom. The Hall–Kier alpha value is -1.83. The van der Waals surface area contributed by atoms with Gasteiger partial charge in [-0.15, -0.1) is 0 Å². The second-order valence-electron chi connectivity index (χ2n) is 4.49. The molecule has 8 heteroatoms. The zero-order valence-electron chi connectivity index (χ0n) is 11.0. The Kier molecular flexibility index (Phi) is 5.32. The minimum atomic E-state index is -1.26. The maximum atomic E-state index is 12.3. The van der Waals surface area contributed by atoms with Gasteiger partial charge in [0.05, 0.1) is 0 Å². The molecule has 0 aliphatic carbocycles. The molecule has 0 aliphatic rings. The van der Waals surface area contributed by atoms with E-state index in [0.717, 1.165) is 4.90 Å². The lowest BCUT2D eigenvalue weighted by Gasteiger charge is -2.20. The van der Waals surface area contributed by atoms with Crippen LogP contribution >= 0.6 is 15.9 Å². The average molecular weight is 347 g/mol. The van der Waals surface area contributed by atoms with Crippen molar-refractivity contribution in [1.29, 1.82) is 0 Å². The van der Waals surface area contributed by atoms with Crippen LogP contribution in [0.5, 0.6) is 0 Å². The Balaban J connectivity index is 3.11. The summed E-state index contributed by atoms with van der Waals surface area (Å²) < 4.78 is 2.32. The second kappa shape index (κ2) is 6.56. The fourth-order valence-electron chi connectivity index (χ4n) is 1.73. The zero-order valence-corrected chi connectivity index (χ0v) is 12.6. The first kappa shape index (κ1) is 16.2. The van der Waals surface area contributed by atoms with Gasteiger partial charge in [0.25, 0.3) is 5.91 Å². The third kappa shape index (κ3) is 4.09. The first-order chi connectivity index (χ1) is 9.22. The van der Waals surface area contributed by atoms with E-state index in [1.54, 1.807) is 16.8 Å². The maximum absolute atomic E-state index is 12.3. The van der Waals surface area contributed by atoms with Gasteiger partial charge in [0.1, 0.15) is 18.8 Å². The van der Waals surface area contributed by atoms with Crippen LogP contribution in [0.15, 0.2) is 16.7 Å². The van der Waals surface area contributed by atoms with Crippen molar-refractivity contribution in [2.75, 3.05) is 13.1 Å². The van der Waals surface area contributed by atoms with E-state index >= 15 is 0 Å². The molecular weight excluding hydrogens is 332 g/mol. The topological polar surface area (TPSA) is 99.8 Å². The number of halogens is 1. The molecule has 7 nitrogen and oxygen atoms in total. The summed E-state index contributed by atoms with van der Waals surface area (Å²) in [6.07, 6.45) is 1.69. The lowest BCUT2D eigenvalue weighted by Crippen LogP contribution is -2.40. The van der Waals surface area contributed by atoms with Crippen molar-refractivity contribution in [3.05, 3.63) is 22.4 Å². The fourth-order valence-corrected chi connectivity index (χ4v) is 2.17. The Morgan fingerprint density at radius 2 is 1.75 bits per heavy atom. The molecule has 0 aliphatic heterocycles. The number of rotatable bonds is 6.